The Morgan fingerprint density at radius 3 is 3.00 bits per heavy atom. The van der Waals surface area contributed by atoms with Crippen molar-refractivity contribution in [1.82, 2.24) is 0 Å². The van der Waals surface area contributed by atoms with E-state index in [1.54, 1.807) is 11.1 Å². The van der Waals surface area contributed by atoms with Gasteiger partial charge >= 0.3 is 0 Å². The molecule has 1 atom stereocenters. The van der Waals surface area contributed by atoms with Crippen LogP contribution in [0.25, 0.3) is 0 Å². The number of hydrogen-bond acceptors (Lipinski definition) is 0. The Balaban J connectivity index is 2.26. The molecule has 0 radical (unpaired) electrons. The fraction of sp³-hybridized carbons (Fsp3) is 0.500. The van der Waals surface area contributed by atoms with Crippen molar-refractivity contribution >= 4 is 11.6 Å². The predicted octanol–water partition coefficient (Wildman–Crippen LogP) is 3.74. The Hall–Kier alpha value is -0.490. The summed E-state index contributed by atoms with van der Waals surface area (Å²) in [5.41, 5.74) is 3.10. The molecule has 0 N–H and O–H groups in total. The van der Waals surface area contributed by atoms with Crippen LogP contribution in [-0.4, -0.2) is 5.88 Å². The van der Waals surface area contributed by atoms with E-state index in [2.05, 4.69) is 24.3 Å². The van der Waals surface area contributed by atoms with Crippen molar-refractivity contribution in [3.8, 4) is 0 Å². The molecular weight excluding hydrogens is 180 g/mol. The van der Waals surface area contributed by atoms with Crippen molar-refractivity contribution in [2.45, 2.75) is 31.6 Å². The minimum Gasteiger partial charge on any atom is -0.127 e. The molecule has 0 saturated heterocycles. The van der Waals surface area contributed by atoms with Crippen molar-refractivity contribution in [1.29, 1.82) is 0 Å². The first kappa shape index (κ1) is 9.08. The maximum absolute atomic E-state index is 5.80. The molecule has 1 aliphatic rings. The normalized spacial score (nSPS) is 21.2. The van der Waals surface area contributed by atoms with Crippen LogP contribution in [0.5, 0.6) is 0 Å². The summed E-state index contributed by atoms with van der Waals surface area (Å²) in [5.74, 6) is 1.52. The molecule has 2 rings (SSSR count). The smallest absolute Gasteiger partial charge is 0.0229 e. The highest BCUT2D eigenvalue weighted by molar-refractivity contribution is 6.17. The van der Waals surface area contributed by atoms with Gasteiger partial charge in [0, 0.05) is 5.88 Å². The van der Waals surface area contributed by atoms with Gasteiger partial charge in [0.25, 0.3) is 0 Å². The lowest BCUT2D eigenvalue weighted by molar-refractivity contribution is 0.542. The van der Waals surface area contributed by atoms with Gasteiger partial charge in [-0.1, -0.05) is 24.3 Å². The van der Waals surface area contributed by atoms with Crippen LogP contribution in [0.15, 0.2) is 24.3 Å². The number of alkyl halides is 1. The molecule has 70 valence electrons. The standard InChI is InChI=1S/C12H15Cl/c13-9-8-11-6-3-5-10-4-1-2-7-12(10)11/h1-2,4,7,11H,3,5-6,8-9H2. The third-order valence-corrected chi connectivity index (χ3v) is 3.17. The third kappa shape index (κ3) is 1.88. The van der Waals surface area contributed by atoms with Crippen molar-refractivity contribution in [3.63, 3.8) is 0 Å². The van der Waals surface area contributed by atoms with Crippen LogP contribution >= 0.6 is 11.6 Å². The van der Waals surface area contributed by atoms with Crippen LogP contribution in [0.1, 0.15) is 36.3 Å². The Morgan fingerprint density at radius 2 is 2.15 bits per heavy atom. The van der Waals surface area contributed by atoms with E-state index in [0.717, 1.165) is 18.2 Å². The molecule has 1 unspecified atom stereocenters. The Labute approximate surface area is 84.9 Å². The SMILES string of the molecule is ClCCC1CCCc2ccccc21. The fourth-order valence-corrected chi connectivity index (χ4v) is 2.55. The van der Waals surface area contributed by atoms with Crippen LogP contribution < -0.4 is 0 Å². The van der Waals surface area contributed by atoms with E-state index in [0.29, 0.717) is 0 Å². The second-order valence-electron chi connectivity index (χ2n) is 3.77. The summed E-state index contributed by atoms with van der Waals surface area (Å²) in [5, 5.41) is 0. The summed E-state index contributed by atoms with van der Waals surface area (Å²) in [6.45, 7) is 0. The Morgan fingerprint density at radius 1 is 1.31 bits per heavy atom. The molecule has 0 nitrogen and oxygen atoms in total. The van der Waals surface area contributed by atoms with Crippen LogP contribution in [-0.2, 0) is 6.42 Å². The average molecular weight is 195 g/mol. The fourth-order valence-electron chi connectivity index (χ4n) is 2.29. The zero-order valence-electron chi connectivity index (χ0n) is 7.80. The predicted molar refractivity (Wildman–Crippen MR) is 57.5 cm³/mol. The van der Waals surface area contributed by atoms with Gasteiger partial charge in [0.1, 0.15) is 0 Å². The molecule has 0 bridgehead atoms. The van der Waals surface area contributed by atoms with Gasteiger partial charge in [-0.3, -0.25) is 0 Å². The van der Waals surface area contributed by atoms with E-state index >= 15 is 0 Å². The molecular formula is C12H15Cl. The first-order chi connectivity index (χ1) is 6.42. The van der Waals surface area contributed by atoms with Crippen molar-refractivity contribution in [2.24, 2.45) is 0 Å². The second kappa shape index (κ2) is 4.15. The van der Waals surface area contributed by atoms with Gasteiger partial charge in [-0.05, 0) is 42.7 Å². The first-order valence-electron chi connectivity index (χ1n) is 5.05. The molecule has 1 heteroatoms. The summed E-state index contributed by atoms with van der Waals surface area (Å²) >= 11 is 5.80. The molecule has 13 heavy (non-hydrogen) atoms. The van der Waals surface area contributed by atoms with Gasteiger partial charge in [0.15, 0.2) is 0 Å². The Bertz CT molecular complexity index is 280. The largest absolute Gasteiger partial charge is 0.127 e. The zero-order chi connectivity index (χ0) is 9.10. The summed E-state index contributed by atoms with van der Waals surface area (Å²) in [6, 6.07) is 8.81. The van der Waals surface area contributed by atoms with E-state index < -0.39 is 0 Å². The molecule has 0 amide bonds. The molecule has 0 fully saturated rings. The van der Waals surface area contributed by atoms with Gasteiger partial charge in [0.2, 0.25) is 0 Å². The topological polar surface area (TPSA) is 0 Å². The monoisotopic (exact) mass is 194 g/mol. The summed E-state index contributed by atoms with van der Waals surface area (Å²) in [7, 11) is 0. The van der Waals surface area contributed by atoms with Crippen LogP contribution in [0.4, 0.5) is 0 Å². The van der Waals surface area contributed by atoms with Gasteiger partial charge in [-0.15, -0.1) is 11.6 Å². The lowest BCUT2D eigenvalue weighted by atomic mass is 9.81. The molecule has 1 aromatic carbocycles. The third-order valence-electron chi connectivity index (χ3n) is 2.95. The van der Waals surface area contributed by atoms with Crippen molar-refractivity contribution in [3.05, 3.63) is 35.4 Å². The number of benzene rings is 1. The van der Waals surface area contributed by atoms with Gasteiger partial charge in [-0.25, -0.2) is 0 Å². The maximum atomic E-state index is 5.80. The van der Waals surface area contributed by atoms with Crippen molar-refractivity contribution in [2.75, 3.05) is 5.88 Å². The molecule has 1 aliphatic carbocycles. The quantitative estimate of drug-likeness (QED) is 0.630. The maximum Gasteiger partial charge on any atom is 0.0229 e. The molecule has 0 aliphatic heterocycles. The van der Waals surface area contributed by atoms with E-state index in [-0.39, 0.29) is 0 Å². The lowest BCUT2D eigenvalue weighted by Crippen LogP contribution is -2.09. The number of hydrogen-bond donors (Lipinski definition) is 0. The van der Waals surface area contributed by atoms with E-state index in [4.69, 9.17) is 11.6 Å². The molecule has 1 aromatic rings. The van der Waals surface area contributed by atoms with Gasteiger partial charge < -0.3 is 0 Å². The van der Waals surface area contributed by atoms with E-state index in [1.165, 1.54) is 19.3 Å². The average Bonchev–Trinajstić information content (AvgIpc) is 2.19. The summed E-state index contributed by atoms with van der Waals surface area (Å²) in [6.07, 6.45) is 5.05. The van der Waals surface area contributed by atoms with Crippen LogP contribution in [0.2, 0.25) is 0 Å². The highest BCUT2D eigenvalue weighted by Crippen LogP contribution is 2.33. The molecule has 0 spiro atoms. The first-order valence-corrected chi connectivity index (χ1v) is 5.59. The van der Waals surface area contributed by atoms with Crippen molar-refractivity contribution < 1.29 is 0 Å². The molecule has 0 heterocycles. The number of fused-ring (bicyclic) bond motifs is 1. The van der Waals surface area contributed by atoms with Gasteiger partial charge in [-0.2, -0.15) is 0 Å². The lowest BCUT2D eigenvalue weighted by Gasteiger charge is -2.24. The highest BCUT2D eigenvalue weighted by Gasteiger charge is 2.18. The minimum absolute atomic E-state index is 0.724. The molecule has 0 saturated carbocycles. The highest BCUT2D eigenvalue weighted by atomic mass is 35.5. The summed E-state index contributed by atoms with van der Waals surface area (Å²) in [4.78, 5) is 0. The number of aryl methyl sites for hydroxylation is 1. The zero-order valence-corrected chi connectivity index (χ0v) is 8.56. The minimum atomic E-state index is 0.724. The van der Waals surface area contributed by atoms with E-state index in [9.17, 15) is 0 Å². The summed E-state index contributed by atoms with van der Waals surface area (Å²) < 4.78 is 0. The number of halogens is 1. The van der Waals surface area contributed by atoms with Crippen LogP contribution in [0, 0.1) is 0 Å². The number of rotatable bonds is 2. The Kier molecular flexibility index (Phi) is 2.90. The second-order valence-corrected chi connectivity index (χ2v) is 4.14. The van der Waals surface area contributed by atoms with E-state index in [1.807, 2.05) is 0 Å². The van der Waals surface area contributed by atoms with Gasteiger partial charge in [0.05, 0.1) is 0 Å². The van der Waals surface area contributed by atoms with Crippen LogP contribution in [0.3, 0.4) is 0 Å². The molecule has 0 aromatic heterocycles.